The van der Waals surface area contributed by atoms with Crippen LogP contribution in [0.3, 0.4) is 0 Å². The molecule has 0 amide bonds. The predicted octanol–water partition coefficient (Wildman–Crippen LogP) is 7.35. The molecule has 164 valence electrons. The first-order chi connectivity index (χ1) is 14.9. The van der Waals surface area contributed by atoms with Gasteiger partial charge in [-0.15, -0.1) is 13.2 Å². The average molecular weight is 500 g/mol. The molecule has 2 aromatic carbocycles. The van der Waals surface area contributed by atoms with Gasteiger partial charge in [0, 0.05) is 31.2 Å². The topological polar surface area (TPSA) is 34.3 Å². The van der Waals surface area contributed by atoms with Crippen molar-refractivity contribution >= 4 is 46.4 Å². The van der Waals surface area contributed by atoms with Crippen LogP contribution in [0.5, 0.6) is 0 Å². The molecule has 2 fully saturated rings. The van der Waals surface area contributed by atoms with Crippen molar-refractivity contribution in [3.05, 3.63) is 91.9 Å². The van der Waals surface area contributed by atoms with Crippen molar-refractivity contribution in [2.45, 2.75) is 37.3 Å². The first kappa shape index (κ1) is 23.1. The van der Waals surface area contributed by atoms with Crippen molar-refractivity contribution < 1.29 is 14.2 Å². The fourth-order valence-electron chi connectivity index (χ4n) is 3.69. The molecule has 4 rings (SSSR count). The maximum Gasteiger partial charge on any atom is 0.115 e. The van der Waals surface area contributed by atoms with E-state index in [4.69, 9.17) is 60.6 Å². The van der Waals surface area contributed by atoms with E-state index in [1.807, 2.05) is 24.3 Å². The highest BCUT2D eigenvalue weighted by Crippen LogP contribution is 2.47. The van der Waals surface area contributed by atoms with Crippen molar-refractivity contribution in [2.24, 2.45) is 0 Å². The second-order valence-electron chi connectivity index (χ2n) is 7.65. The fourth-order valence-corrected chi connectivity index (χ4v) is 5.18. The highest BCUT2D eigenvalue weighted by atomic mass is 35.5. The third-order valence-electron chi connectivity index (χ3n) is 5.29. The Hall–Kier alpha value is -1.04. The third kappa shape index (κ3) is 5.31. The maximum absolute atomic E-state index is 6.63. The van der Waals surface area contributed by atoms with Crippen LogP contribution in [0, 0.1) is 0 Å². The fraction of sp³-hybridized carbons (Fsp3) is 0.333. The van der Waals surface area contributed by atoms with E-state index in [1.165, 1.54) is 0 Å². The van der Waals surface area contributed by atoms with E-state index in [-0.39, 0.29) is 12.2 Å². The van der Waals surface area contributed by atoms with Gasteiger partial charge in [-0.05, 0) is 48.2 Å². The summed E-state index contributed by atoms with van der Waals surface area (Å²) in [6.07, 6.45) is 3.69. The summed E-state index contributed by atoms with van der Waals surface area (Å²) in [6, 6.07) is 7.54. The van der Waals surface area contributed by atoms with Crippen LogP contribution in [0.4, 0.5) is 0 Å². The summed E-state index contributed by atoms with van der Waals surface area (Å²) in [7, 11) is 0. The SMILES string of the molecule is C=CCc1cc(Cl)c(C(OC(c2c(Cl)cc(CC=C)cc2Cl)C2CO2)C2CO2)c(Cl)c1. The van der Waals surface area contributed by atoms with Gasteiger partial charge < -0.3 is 14.2 Å². The Morgan fingerprint density at radius 2 is 1.10 bits per heavy atom. The molecule has 0 saturated carbocycles. The Kier molecular flexibility index (Phi) is 7.34. The highest BCUT2D eigenvalue weighted by Gasteiger charge is 2.44. The van der Waals surface area contributed by atoms with Crippen LogP contribution in [0.25, 0.3) is 0 Å². The van der Waals surface area contributed by atoms with Crippen LogP contribution < -0.4 is 0 Å². The van der Waals surface area contributed by atoms with Crippen molar-refractivity contribution in [2.75, 3.05) is 13.2 Å². The summed E-state index contributed by atoms with van der Waals surface area (Å²) >= 11 is 26.5. The largest absolute Gasteiger partial charge is 0.370 e. The van der Waals surface area contributed by atoms with E-state index in [2.05, 4.69) is 13.2 Å². The molecule has 3 nitrogen and oxygen atoms in total. The molecule has 4 atom stereocenters. The molecule has 2 aliphatic heterocycles. The summed E-state index contributed by atoms with van der Waals surface area (Å²) in [5, 5.41) is 2.11. The van der Waals surface area contributed by atoms with E-state index in [1.54, 1.807) is 12.2 Å². The predicted molar refractivity (Wildman–Crippen MR) is 127 cm³/mol. The van der Waals surface area contributed by atoms with Crippen LogP contribution in [0.15, 0.2) is 49.6 Å². The summed E-state index contributed by atoms with van der Waals surface area (Å²) < 4.78 is 17.7. The number of epoxide rings is 2. The van der Waals surface area contributed by atoms with Gasteiger partial charge >= 0.3 is 0 Å². The highest BCUT2D eigenvalue weighted by molar-refractivity contribution is 6.36. The molecule has 2 aromatic rings. The van der Waals surface area contributed by atoms with E-state index in [0.29, 0.717) is 57.3 Å². The Bertz CT molecular complexity index is 873. The van der Waals surface area contributed by atoms with E-state index >= 15 is 0 Å². The Morgan fingerprint density at radius 1 is 0.774 bits per heavy atom. The number of hydrogen-bond donors (Lipinski definition) is 0. The molecular weight excluding hydrogens is 478 g/mol. The number of rotatable bonds is 10. The van der Waals surface area contributed by atoms with E-state index in [9.17, 15) is 0 Å². The lowest BCUT2D eigenvalue weighted by Gasteiger charge is -2.27. The molecule has 0 aromatic heterocycles. The Labute approximate surface area is 202 Å². The monoisotopic (exact) mass is 498 g/mol. The minimum Gasteiger partial charge on any atom is -0.370 e. The molecule has 31 heavy (non-hydrogen) atoms. The van der Waals surface area contributed by atoms with Crippen LogP contribution in [0.2, 0.25) is 20.1 Å². The summed E-state index contributed by atoms with van der Waals surface area (Å²) in [4.78, 5) is 0. The van der Waals surface area contributed by atoms with Crippen molar-refractivity contribution in [1.82, 2.24) is 0 Å². The molecule has 2 heterocycles. The zero-order valence-electron chi connectivity index (χ0n) is 16.8. The molecular formula is C24H22Cl4O3. The van der Waals surface area contributed by atoms with Gasteiger partial charge in [-0.1, -0.05) is 58.6 Å². The molecule has 7 heteroatoms. The second-order valence-corrected chi connectivity index (χ2v) is 9.28. The van der Waals surface area contributed by atoms with Gasteiger partial charge in [0.05, 0.1) is 13.2 Å². The van der Waals surface area contributed by atoms with Crippen LogP contribution in [0.1, 0.15) is 34.5 Å². The quantitative estimate of drug-likeness (QED) is 0.253. The van der Waals surface area contributed by atoms with Gasteiger partial charge in [-0.3, -0.25) is 0 Å². The lowest BCUT2D eigenvalue weighted by atomic mass is 10.00. The van der Waals surface area contributed by atoms with Gasteiger partial charge in [0.25, 0.3) is 0 Å². The molecule has 0 bridgehead atoms. The van der Waals surface area contributed by atoms with Crippen LogP contribution >= 0.6 is 46.4 Å². The van der Waals surface area contributed by atoms with Crippen LogP contribution in [-0.2, 0) is 27.1 Å². The number of halogens is 4. The zero-order chi connectivity index (χ0) is 22.1. The van der Waals surface area contributed by atoms with Crippen molar-refractivity contribution in [3.8, 4) is 0 Å². The average Bonchev–Trinajstić information content (AvgIpc) is 3.59. The van der Waals surface area contributed by atoms with Crippen molar-refractivity contribution in [1.29, 1.82) is 0 Å². The maximum atomic E-state index is 6.63. The first-order valence-corrected chi connectivity index (χ1v) is 11.5. The van der Waals surface area contributed by atoms with Gasteiger partial charge in [-0.25, -0.2) is 0 Å². The normalized spacial score (nSPS) is 21.4. The Balaban J connectivity index is 1.69. The van der Waals surface area contributed by atoms with Gasteiger partial charge in [0.1, 0.15) is 24.4 Å². The Morgan fingerprint density at radius 3 is 1.35 bits per heavy atom. The molecule has 0 spiro atoms. The lowest BCUT2D eigenvalue weighted by Crippen LogP contribution is -2.20. The molecule has 0 radical (unpaired) electrons. The number of benzene rings is 2. The van der Waals surface area contributed by atoms with Gasteiger partial charge in [0.2, 0.25) is 0 Å². The standard InChI is InChI=1S/C24H22Cl4O3/c1-3-5-13-7-15(25)21(16(26)8-13)23(19-11-29-19)31-24(20-12-30-20)22-17(27)9-14(6-4-2)10-18(22)28/h3-4,7-10,19-20,23-24H,1-2,5-6,11-12H2. The minimum atomic E-state index is -0.480. The smallest absolute Gasteiger partial charge is 0.115 e. The molecule has 2 saturated heterocycles. The number of allylic oxidation sites excluding steroid dienone is 2. The third-order valence-corrected chi connectivity index (χ3v) is 6.54. The number of hydrogen-bond acceptors (Lipinski definition) is 3. The summed E-state index contributed by atoms with van der Waals surface area (Å²) in [5.41, 5.74) is 3.35. The van der Waals surface area contributed by atoms with Crippen LogP contribution in [-0.4, -0.2) is 25.4 Å². The number of ether oxygens (including phenoxy) is 3. The van der Waals surface area contributed by atoms with Gasteiger partial charge in [-0.2, -0.15) is 0 Å². The van der Waals surface area contributed by atoms with Gasteiger partial charge in [0.15, 0.2) is 0 Å². The zero-order valence-corrected chi connectivity index (χ0v) is 19.8. The lowest BCUT2D eigenvalue weighted by molar-refractivity contribution is -0.0417. The second kappa shape index (κ2) is 9.84. The summed E-state index contributed by atoms with van der Waals surface area (Å²) in [5.74, 6) is 0. The van der Waals surface area contributed by atoms with Crippen molar-refractivity contribution in [3.63, 3.8) is 0 Å². The summed E-state index contributed by atoms with van der Waals surface area (Å²) in [6.45, 7) is 8.66. The minimum absolute atomic E-state index is 0.154. The van der Waals surface area contributed by atoms with E-state index < -0.39 is 12.2 Å². The first-order valence-electron chi connectivity index (χ1n) is 9.99. The van der Waals surface area contributed by atoms with E-state index in [0.717, 1.165) is 11.1 Å². The molecule has 0 aliphatic carbocycles. The molecule has 0 N–H and O–H groups in total. The molecule has 4 unspecified atom stereocenters. The molecule has 2 aliphatic rings.